The molecule has 1 aliphatic heterocycles. The Balaban J connectivity index is 2.00. The molecule has 2 atom stereocenters. The predicted octanol–water partition coefficient (Wildman–Crippen LogP) is 0.979. The van der Waals surface area contributed by atoms with Gasteiger partial charge in [-0.15, -0.1) is 0 Å². The highest BCUT2D eigenvalue weighted by Gasteiger charge is 2.29. The van der Waals surface area contributed by atoms with E-state index >= 15 is 0 Å². The third-order valence-electron chi connectivity index (χ3n) is 3.90. The first-order valence-electron chi connectivity index (χ1n) is 6.42. The topological polar surface area (TPSA) is 56.9 Å². The molecule has 1 aliphatic rings. The van der Waals surface area contributed by atoms with Gasteiger partial charge in [-0.1, -0.05) is 0 Å². The number of nitrogens with one attached hydrogen (secondary N) is 1. The zero-order chi connectivity index (χ0) is 13.2. The molecule has 0 aromatic carbocycles. The van der Waals surface area contributed by atoms with Crippen molar-refractivity contribution in [2.24, 2.45) is 0 Å². The number of rotatable bonds is 4. The fraction of sp³-hybridized carbons (Fsp3) is 0.692. The van der Waals surface area contributed by atoms with Crippen molar-refractivity contribution in [2.75, 3.05) is 13.6 Å². The highest BCUT2D eigenvalue weighted by atomic mass is 15.2. The fourth-order valence-electron chi connectivity index (χ4n) is 2.49. The first-order valence-corrected chi connectivity index (χ1v) is 6.42. The molecule has 0 saturated carbocycles. The Hall–Kier alpha value is -1.38. The van der Waals surface area contributed by atoms with Crippen LogP contribution >= 0.6 is 0 Å². The molecule has 1 aromatic rings. The molecule has 2 unspecified atom stereocenters. The summed E-state index contributed by atoms with van der Waals surface area (Å²) in [5.41, 5.74) is -0.452. The summed E-state index contributed by atoms with van der Waals surface area (Å²) >= 11 is 0. The quantitative estimate of drug-likeness (QED) is 0.861. The van der Waals surface area contributed by atoms with Gasteiger partial charge in [-0.2, -0.15) is 5.26 Å². The Kier molecular flexibility index (Phi) is 3.69. The molecule has 0 spiro atoms. The average molecular weight is 247 g/mol. The van der Waals surface area contributed by atoms with Crippen molar-refractivity contribution in [2.45, 2.75) is 44.9 Å². The number of aromatic nitrogens is 2. The number of hydrogen-bond donors (Lipinski definition) is 1. The van der Waals surface area contributed by atoms with Crippen LogP contribution in [0.25, 0.3) is 0 Å². The molecule has 0 fully saturated rings. The minimum Gasteiger partial charge on any atom is -0.333 e. The van der Waals surface area contributed by atoms with Crippen LogP contribution in [-0.4, -0.2) is 39.6 Å². The second-order valence-corrected chi connectivity index (χ2v) is 5.25. The summed E-state index contributed by atoms with van der Waals surface area (Å²) < 4.78 is 2.20. The molecule has 5 nitrogen and oxygen atoms in total. The molecule has 2 heterocycles. The lowest BCUT2D eigenvalue weighted by Gasteiger charge is -2.36. The lowest BCUT2D eigenvalue weighted by Crippen LogP contribution is -2.47. The van der Waals surface area contributed by atoms with Crippen LogP contribution in [0.2, 0.25) is 0 Å². The number of hydrogen-bond acceptors (Lipinski definition) is 4. The Labute approximate surface area is 108 Å². The first kappa shape index (κ1) is 13.1. The van der Waals surface area contributed by atoms with E-state index in [0.717, 1.165) is 31.9 Å². The van der Waals surface area contributed by atoms with Crippen LogP contribution in [0, 0.1) is 11.3 Å². The van der Waals surface area contributed by atoms with Crippen molar-refractivity contribution in [1.82, 2.24) is 19.8 Å². The molecular formula is C13H21N5. The summed E-state index contributed by atoms with van der Waals surface area (Å²) in [5, 5.41) is 12.3. The van der Waals surface area contributed by atoms with Crippen LogP contribution in [0.3, 0.4) is 0 Å². The third-order valence-corrected chi connectivity index (χ3v) is 3.90. The Bertz CT molecular complexity index is 446. The average Bonchev–Trinajstić information content (AvgIpc) is 2.85. The molecule has 0 aliphatic carbocycles. The number of nitriles is 1. The minimum absolute atomic E-state index is 0.368. The van der Waals surface area contributed by atoms with E-state index in [9.17, 15) is 5.26 Å². The molecule has 0 bridgehead atoms. The van der Waals surface area contributed by atoms with Gasteiger partial charge in [0.2, 0.25) is 0 Å². The van der Waals surface area contributed by atoms with E-state index < -0.39 is 5.54 Å². The van der Waals surface area contributed by atoms with Gasteiger partial charge >= 0.3 is 0 Å². The Morgan fingerprint density at radius 3 is 3.06 bits per heavy atom. The SMILES string of the molecule is CNC(C)(C#N)CC(C)N1CCn2ccnc2C1. The summed E-state index contributed by atoms with van der Waals surface area (Å²) in [4.78, 5) is 6.76. The van der Waals surface area contributed by atoms with E-state index in [1.54, 1.807) is 0 Å². The van der Waals surface area contributed by atoms with Crippen LogP contribution in [0.5, 0.6) is 0 Å². The van der Waals surface area contributed by atoms with Gasteiger partial charge in [0.15, 0.2) is 0 Å². The molecule has 1 aromatic heterocycles. The first-order chi connectivity index (χ1) is 8.58. The molecular weight excluding hydrogens is 226 g/mol. The third kappa shape index (κ3) is 2.55. The van der Waals surface area contributed by atoms with Gasteiger partial charge in [0, 0.05) is 31.5 Å². The number of fused-ring (bicyclic) bond motifs is 1. The van der Waals surface area contributed by atoms with E-state index in [1.807, 2.05) is 26.4 Å². The summed E-state index contributed by atoms with van der Waals surface area (Å²) in [6, 6.07) is 2.72. The highest BCUT2D eigenvalue weighted by Crippen LogP contribution is 2.19. The summed E-state index contributed by atoms with van der Waals surface area (Å²) in [6.45, 7) is 7.03. The van der Waals surface area contributed by atoms with E-state index in [4.69, 9.17) is 0 Å². The molecule has 2 rings (SSSR count). The van der Waals surface area contributed by atoms with E-state index in [0.29, 0.717) is 6.04 Å². The predicted molar refractivity (Wildman–Crippen MR) is 69.8 cm³/mol. The molecule has 0 radical (unpaired) electrons. The largest absolute Gasteiger partial charge is 0.333 e. The fourth-order valence-corrected chi connectivity index (χ4v) is 2.49. The van der Waals surface area contributed by atoms with Crippen molar-refractivity contribution < 1.29 is 0 Å². The Morgan fingerprint density at radius 2 is 2.39 bits per heavy atom. The Morgan fingerprint density at radius 1 is 1.61 bits per heavy atom. The maximum absolute atomic E-state index is 9.21. The normalized spacial score (nSPS) is 20.8. The van der Waals surface area contributed by atoms with E-state index in [1.165, 1.54) is 0 Å². The van der Waals surface area contributed by atoms with Crippen molar-refractivity contribution in [3.05, 3.63) is 18.2 Å². The van der Waals surface area contributed by atoms with Gasteiger partial charge in [-0.05, 0) is 27.3 Å². The van der Waals surface area contributed by atoms with Crippen molar-refractivity contribution in [3.63, 3.8) is 0 Å². The van der Waals surface area contributed by atoms with Gasteiger partial charge in [0.1, 0.15) is 11.4 Å². The lowest BCUT2D eigenvalue weighted by atomic mass is 9.94. The van der Waals surface area contributed by atoms with Crippen LogP contribution < -0.4 is 5.32 Å². The monoisotopic (exact) mass is 247 g/mol. The smallest absolute Gasteiger partial charge is 0.122 e. The van der Waals surface area contributed by atoms with Gasteiger partial charge in [-0.3, -0.25) is 4.90 Å². The standard InChI is InChI=1S/C13H21N5/c1-11(8-13(2,10-14)15-3)18-7-6-17-5-4-16-12(17)9-18/h4-5,11,15H,6-9H2,1-3H3. The number of imidazole rings is 1. The van der Waals surface area contributed by atoms with Crippen LogP contribution in [0.4, 0.5) is 0 Å². The molecule has 1 N–H and O–H groups in total. The molecule has 0 amide bonds. The lowest BCUT2D eigenvalue weighted by molar-refractivity contribution is 0.140. The van der Waals surface area contributed by atoms with Crippen LogP contribution in [0.15, 0.2) is 12.4 Å². The van der Waals surface area contributed by atoms with Gasteiger partial charge < -0.3 is 9.88 Å². The molecule has 98 valence electrons. The second kappa shape index (κ2) is 5.09. The van der Waals surface area contributed by atoms with Gasteiger partial charge in [0.05, 0.1) is 12.6 Å². The summed E-state index contributed by atoms with van der Waals surface area (Å²) in [5.74, 6) is 1.12. The summed E-state index contributed by atoms with van der Waals surface area (Å²) in [7, 11) is 1.85. The maximum atomic E-state index is 9.21. The zero-order valence-corrected chi connectivity index (χ0v) is 11.3. The second-order valence-electron chi connectivity index (χ2n) is 5.25. The number of nitrogens with zero attached hydrogens (tertiary/aromatic N) is 4. The molecule has 5 heteroatoms. The van der Waals surface area contributed by atoms with Crippen molar-refractivity contribution in [3.8, 4) is 6.07 Å². The van der Waals surface area contributed by atoms with E-state index in [-0.39, 0.29) is 0 Å². The summed E-state index contributed by atoms with van der Waals surface area (Å²) in [6.07, 6.45) is 4.71. The van der Waals surface area contributed by atoms with Gasteiger partial charge in [-0.25, -0.2) is 4.98 Å². The van der Waals surface area contributed by atoms with Crippen molar-refractivity contribution >= 4 is 0 Å². The van der Waals surface area contributed by atoms with Crippen LogP contribution in [0.1, 0.15) is 26.1 Å². The highest BCUT2D eigenvalue weighted by molar-refractivity contribution is 5.05. The van der Waals surface area contributed by atoms with Gasteiger partial charge in [0.25, 0.3) is 0 Å². The maximum Gasteiger partial charge on any atom is 0.122 e. The van der Waals surface area contributed by atoms with Crippen LogP contribution in [-0.2, 0) is 13.1 Å². The molecule has 0 saturated heterocycles. The molecule has 18 heavy (non-hydrogen) atoms. The van der Waals surface area contributed by atoms with Crippen molar-refractivity contribution in [1.29, 1.82) is 5.26 Å². The zero-order valence-electron chi connectivity index (χ0n) is 11.3. The minimum atomic E-state index is -0.452. The van der Waals surface area contributed by atoms with E-state index in [2.05, 4.69) is 32.8 Å².